The largest absolute Gasteiger partial charge is 0.396 e. The lowest BCUT2D eigenvalue weighted by Gasteiger charge is -2.03. The lowest BCUT2D eigenvalue weighted by molar-refractivity contribution is -0.704. The molecule has 0 atom stereocenters. The summed E-state index contributed by atoms with van der Waals surface area (Å²) in [7, 11) is 0. The molecule has 0 amide bonds. The van der Waals surface area contributed by atoms with Crippen LogP contribution in [0.3, 0.4) is 0 Å². The van der Waals surface area contributed by atoms with Crippen LogP contribution in [-0.4, -0.2) is 11.7 Å². The third kappa shape index (κ3) is 8.87. The summed E-state index contributed by atoms with van der Waals surface area (Å²) in [6.07, 6.45) is 16.4. The second kappa shape index (κ2) is 12.8. The average molecular weight is 292 g/mol. The highest BCUT2D eigenvalue weighted by Gasteiger charge is 2.05. The van der Waals surface area contributed by atoms with Crippen LogP contribution in [0.15, 0.2) is 24.4 Å². The van der Waals surface area contributed by atoms with E-state index in [2.05, 4.69) is 35.9 Å². The summed E-state index contributed by atoms with van der Waals surface area (Å²) in [5.41, 5.74) is 1.44. The molecule has 0 aromatic carbocycles. The topological polar surface area (TPSA) is 24.1 Å². The van der Waals surface area contributed by atoms with Gasteiger partial charge < -0.3 is 5.11 Å². The van der Waals surface area contributed by atoms with Crippen molar-refractivity contribution in [3.05, 3.63) is 30.1 Å². The van der Waals surface area contributed by atoms with Crippen molar-refractivity contribution in [2.24, 2.45) is 0 Å². The Hall–Kier alpha value is -0.890. The van der Waals surface area contributed by atoms with Crippen LogP contribution >= 0.6 is 0 Å². The molecule has 0 radical (unpaired) electrons. The molecule has 1 aromatic rings. The quantitative estimate of drug-likeness (QED) is 0.422. The molecule has 0 aliphatic heterocycles. The van der Waals surface area contributed by atoms with E-state index in [4.69, 9.17) is 5.11 Å². The van der Waals surface area contributed by atoms with Crippen LogP contribution in [0.1, 0.15) is 76.8 Å². The molecular weight excluding hydrogens is 258 g/mol. The molecule has 2 nitrogen and oxygen atoms in total. The van der Waals surface area contributed by atoms with Crippen LogP contribution in [0.25, 0.3) is 0 Å². The zero-order valence-corrected chi connectivity index (χ0v) is 13.9. The number of nitrogens with zero attached hydrogens (tertiary/aromatic N) is 1. The Morgan fingerprint density at radius 3 is 1.95 bits per heavy atom. The monoisotopic (exact) mass is 292 g/mol. The van der Waals surface area contributed by atoms with Gasteiger partial charge in [0.2, 0.25) is 0 Å². The molecule has 0 aliphatic rings. The minimum atomic E-state index is 0.360. The highest BCUT2D eigenvalue weighted by Crippen LogP contribution is 2.10. The van der Waals surface area contributed by atoms with E-state index in [0.717, 1.165) is 12.8 Å². The maximum absolute atomic E-state index is 8.70. The molecule has 0 unspecified atom stereocenters. The number of hydrogen-bond acceptors (Lipinski definition) is 1. The number of rotatable bonds is 13. The third-order valence-electron chi connectivity index (χ3n) is 4.20. The Morgan fingerprint density at radius 2 is 1.38 bits per heavy atom. The van der Waals surface area contributed by atoms with Gasteiger partial charge in [-0.1, -0.05) is 57.9 Å². The molecule has 1 aromatic heterocycles. The maximum atomic E-state index is 8.70. The molecule has 120 valence electrons. The fourth-order valence-electron chi connectivity index (χ4n) is 2.86. The first kappa shape index (κ1) is 18.2. The fourth-order valence-corrected chi connectivity index (χ4v) is 2.86. The Balaban J connectivity index is 1.93. The van der Waals surface area contributed by atoms with Gasteiger partial charge in [0.15, 0.2) is 11.9 Å². The summed E-state index contributed by atoms with van der Waals surface area (Å²) < 4.78 is 2.40. The Morgan fingerprint density at radius 1 is 0.810 bits per heavy atom. The molecule has 0 saturated heterocycles. The van der Waals surface area contributed by atoms with Gasteiger partial charge in [-0.25, -0.2) is 4.57 Å². The first-order chi connectivity index (χ1) is 10.4. The summed E-state index contributed by atoms with van der Waals surface area (Å²) in [6, 6.07) is 6.50. The van der Waals surface area contributed by atoms with E-state index >= 15 is 0 Å². The van der Waals surface area contributed by atoms with Crippen molar-refractivity contribution >= 4 is 0 Å². The minimum Gasteiger partial charge on any atom is -0.396 e. The van der Waals surface area contributed by atoms with Gasteiger partial charge in [-0.3, -0.25) is 0 Å². The van der Waals surface area contributed by atoms with E-state index in [1.54, 1.807) is 0 Å². The average Bonchev–Trinajstić information content (AvgIpc) is 2.53. The maximum Gasteiger partial charge on any atom is 0.181 e. The van der Waals surface area contributed by atoms with E-state index in [9.17, 15) is 0 Å². The van der Waals surface area contributed by atoms with Crippen LogP contribution in [-0.2, 0) is 13.0 Å². The molecule has 1 heterocycles. The molecule has 21 heavy (non-hydrogen) atoms. The van der Waals surface area contributed by atoms with Crippen LogP contribution in [0, 0.1) is 0 Å². The number of hydrogen-bond donors (Lipinski definition) is 1. The molecular formula is C19H34NO+. The predicted molar refractivity (Wildman–Crippen MR) is 89.3 cm³/mol. The van der Waals surface area contributed by atoms with Gasteiger partial charge in [-0.05, 0) is 12.8 Å². The third-order valence-corrected chi connectivity index (χ3v) is 4.20. The predicted octanol–water partition coefficient (Wildman–Crippen LogP) is 4.43. The molecule has 0 fully saturated rings. The summed E-state index contributed by atoms with van der Waals surface area (Å²) in [5, 5.41) is 8.70. The van der Waals surface area contributed by atoms with Gasteiger partial charge in [-0.2, -0.15) is 0 Å². The molecule has 0 bridgehead atoms. The standard InChI is InChI=1S/C19H34NO/c1-2-19-15-11-13-17-20(19)16-12-9-7-5-3-4-6-8-10-14-18-21/h11,13,15,17,21H,2-10,12,14,16,18H2,1H3/q+1. The van der Waals surface area contributed by atoms with Crippen molar-refractivity contribution in [2.75, 3.05) is 6.61 Å². The second-order valence-electron chi connectivity index (χ2n) is 6.00. The summed E-state index contributed by atoms with van der Waals surface area (Å²) >= 11 is 0. The highest BCUT2D eigenvalue weighted by molar-refractivity contribution is 4.96. The minimum absolute atomic E-state index is 0.360. The van der Waals surface area contributed by atoms with Crippen LogP contribution < -0.4 is 4.57 Å². The van der Waals surface area contributed by atoms with Gasteiger partial charge in [0.1, 0.15) is 6.54 Å². The fraction of sp³-hybridized carbons (Fsp3) is 0.737. The molecule has 0 spiro atoms. The molecule has 0 saturated carbocycles. The van der Waals surface area contributed by atoms with E-state index in [1.807, 2.05) is 0 Å². The molecule has 2 heteroatoms. The van der Waals surface area contributed by atoms with Crippen molar-refractivity contribution < 1.29 is 9.67 Å². The van der Waals surface area contributed by atoms with Gasteiger partial charge in [0, 0.05) is 31.6 Å². The Bertz CT molecular complexity index is 351. The zero-order valence-electron chi connectivity index (χ0n) is 13.9. The SMILES string of the molecule is CCc1cccc[n+]1CCCCCCCCCCCCO. The summed E-state index contributed by atoms with van der Waals surface area (Å²) in [5.74, 6) is 0. The number of aromatic nitrogens is 1. The lowest BCUT2D eigenvalue weighted by Crippen LogP contribution is -2.37. The number of aliphatic hydroxyl groups is 1. The van der Waals surface area contributed by atoms with Crippen molar-refractivity contribution in [1.82, 2.24) is 0 Å². The van der Waals surface area contributed by atoms with E-state index in [1.165, 1.54) is 70.0 Å². The number of unbranched alkanes of at least 4 members (excludes halogenated alkanes) is 9. The van der Waals surface area contributed by atoms with Gasteiger partial charge >= 0.3 is 0 Å². The van der Waals surface area contributed by atoms with E-state index < -0.39 is 0 Å². The summed E-state index contributed by atoms with van der Waals surface area (Å²) in [4.78, 5) is 0. The van der Waals surface area contributed by atoms with Crippen molar-refractivity contribution in [3.8, 4) is 0 Å². The van der Waals surface area contributed by atoms with Crippen LogP contribution in [0.4, 0.5) is 0 Å². The normalized spacial score (nSPS) is 11.0. The smallest absolute Gasteiger partial charge is 0.181 e. The first-order valence-corrected chi connectivity index (χ1v) is 8.96. The second-order valence-corrected chi connectivity index (χ2v) is 6.00. The zero-order chi connectivity index (χ0) is 15.2. The van der Waals surface area contributed by atoms with Gasteiger partial charge in [-0.15, -0.1) is 0 Å². The van der Waals surface area contributed by atoms with Crippen molar-refractivity contribution in [3.63, 3.8) is 0 Å². The van der Waals surface area contributed by atoms with Crippen LogP contribution in [0.5, 0.6) is 0 Å². The number of pyridine rings is 1. The van der Waals surface area contributed by atoms with Crippen LogP contribution in [0.2, 0.25) is 0 Å². The highest BCUT2D eigenvalue weighted by atomic mass is 16.2. The van der Waals surface area contributed by atoms with E-state index in [-0.39, 0.29) is 0 Å². The van der Waals surface area contributed by atoms with Crippen molar-refractivity contribution in [2.45, 2.75) is 84.1 Å². The summed E-state index contributed by atoms with van der Waals surface area (Å²) in [6.45, 7) is 3.76. The Labute approximate surface area is 131 Å². The first-order valence-electron chi connectivity index (χ1n) is 8.96. The van der Waals surface area contributed by atoms with E-state index in [0.29, 0.717) is 6.61 Å². The van der Waals surface area contributed by atoms with Gasteiger partial charge in [0.25, 0.3) is 0 Å². The Kier molecular flexibility index (Phi) is 11.1. The molecule has 1 rings (SSSR count). The number of aliphatic hydroxyl groups excluding tert-OH is 1. The van der Waals surface area contributed by atoms with Crippen molar-refractivity contribution in [1.29, 1.82) is 0 Å². The molecule has 0 aliphatic carbocycles. The lowest BCUT2D eigenvalue weighted by atomic mass is 10.1. The molecule has 1 N–H and O–H groups in total. The number of aryl methyl sites for hydroxylation is 2. The van der Waals surface area contributed by atoms with Gasteiger partial charge in [0.05, 0.1) is 0 Å².